The number of sulfone groups is 1. The molecular formula is C16H18Cl2N2O3S2. The van der Waals surface area contributed by atoms with Gasteiger partial charge in [-0.1, -0.05) is 54.9 Å². The Bertz CT molecular complexity index is 820. The number of halogens is 2. The van der Waals surface area contributed by atoms with Gasteiger partial charge in [-0.05, 0) is 18.1 Å². The zero-order valence-electron chi connectivity index (χ0n) is 13.8. The molecule has 0 N–H and O–H groups in total. The van der Waals surface area contributed by atoms with Crippen LogP contribution in [-0.2, 0) is 14.6 Å². The Balaban J connectivity index is 2.04. The van der Waals surface area contributed by atoms with Gasteiger partial charge in [0.1, 0.15) is 0 Å². The quantitative estimate of drug-likeness (QED) is 0.746. The van der Waals surface area contributed by atoms with Crippen molar-refractivity contribution in [2.75, 3.05) is 16.4 Å². The average Bonchev–Trinajstić information content (AvgIpc) is 2.90. The first-order valence-corrected chi connectivity index (χ1v) is 11.4. The lowest BCUT2D eigenvalue weighted by Crippen LogP contribution is -2.38. The number of aliphatic imine (C=N–C) groups is 1. The maximum Gasteiger partial charge on any atom is 0.248 e. The van der Waals surface area contributed by atoms with Crippen LogP contribution in [-0.4, -0.2) is 42.3 Å². The number of fused-ring (bicyclic) bond motifs is 1. The van der Waals surface area contributed by atoms with Gasteiger partial charge in [0.15, 0.2) is 15.0 Å². The van der Waals surface area contributed by atoms with E-state index in [2.05, 4.69) is 4.99 Å². The van der Waals surface area contributed by atoms with E-state index >= 15 is 0 Å². The highest BCUT2D eigenvalue weighted by atomic mass is 35.5. The predicted molar refractivity (Wildman–Crippen MR) is 105 cm³/mol. The van der Waals surface area contributed by atoms with Gasteiger partial charge in [0, 0.05) is 11.7 Å². The minimum atomic E-state index is -3.13. The molecule has 0 radical (unpaired) electrons. The van der Waals surface area contributed by atoms with Crippen LogP contribution in [0, 0.1) is 5.92 Å². The number of benzene rings is 1. The summed E-state index contributed by atoms with van der Waals surface area (Å²) >= 11 is 14.0. The Morgan fingerprint density at radius 1 is 1.32 bits per heavy atom. The largest absolute Gasteiger partial charge is 0.313 e. The van der Waals surface area contributed by atoms with Gasteiger partial charge < -0.3 is 4.90 Å². The van der Waals surface area contributed by atoms with Crippen molar-refractivity contribution in [3.05, 3.63) is 28.2 Å². The summed E-state index contributed by atoms with van der Waals surface area (Å²) in [5, 5.41) is 1.11. The molecule has 1 aromatic rings. The van der Waals surface area contributed by atoms with Crippen molar-refractivity contribution in [3.8, 4) is 0 Å². The van der Waals surface area contributed by atoms with Crippen LogP contribution in [0.25, 0.3) is 0 Å². The molecule has 0 aliphatic carbocycles. The highest BCUT2D eigenvalue weighted by Crippen LogP contribution is 2.45. The van der Waals surface area contributed by atoms with E-state index in [9.17, 15) is 13.2 Å². The number of nitrogens with zero attached hydrogens (tertiary/aromatic N) is 2. The summed E-state index contributed by atoms with van der Waals surface area (Å²) < 4.78 is 24.1. The van der Waals surface area contributed by atoms with Crippen LogP contribution in [0.1, 0.15) is 20.3 Å². The second kappa shape index (κ2) is 7.10. The number of hydrogen-bond donors (Lipinski definition) is 0. The fourth-order valence-corrected chi connectivity index (χ4v) is 7.54. The second-order valence-corrected chi connectivity index (χ2v) is 10.8. The van der Waals surface area contributed by atoms with E-state index in [4.69, 9.17) is 23.2 Å². The molecule has 2 heterocycles. The molecular weight excluding hydrogens is 403 g/mol. The van der Waals surface area contributed by atoms with Gasteiger partial charge in [0.05, 0.1) is 33.3 Å². The molecule has 0 spiro atoms. The third kappa shape index (κ3) is 3.99. The first-order chi connectivity index (χ1) is 11.7. The molecule has 0 saturated carbocycles. The fourth-order valence-electron chi connectivity index (χ4n) is 3.05. The summed E-state index contributed by atoms with van der Waals surface area (Å²) in [6, 6.07) is 4.79. The zero-order chi connectivity index (χ0) is 18.4. The van der Waals surface area contributed by atoms with Crippen LogP contribution in [0.5, 0.6) is 0 Å². The number of carbonyl (C=O) groups is 1. The summed E-state index contributed by atoms with van der Waals surface area (Å²) in [6.07, 6.45) is 0.335. The van der Waals surface area contributed by atoms with Gasteiger partial charge >= 0.3 is 0 Å². The lowest BCUT2D eigenvalue weighted by atomic mass is 10.1. The third-order valence-electron chi connectivity index (χ3n) is 4.05. The molecule has 5 nitrogen and oxygen atoms in total. The summed E-state index contributed by atoms with van der Waals surface area (Å²) in [5.74, 6) is 0.0380. The maximum atomic E-state index is 12.2. The van der Waals surface area contributed by atoms with E-state index in [1.54, 1.807) is 23.1 Å². The predicted octanol–water partition coefficient (Wildman–Crippen LogP) is 3.64. The lowest BCUT2D eigenvalue weighted by molar-refractivity contribution is -0.118. The Morgan fingerprint density at radius 2 is 1.96 bits per heavy atom. The van der Waals surface area contributed by atoms with Gasteiger partial charge in [-0.3, -0.25) is 4.79 Å². The van der Waals surface area contributed by atoms with E-state index in [0.717, 1.165) is 0 Å². The molecule has 1 amide bonds. The lowest BCUT2D eigenvalue weighted by Gasteiger charge is -2.26. The number of amidine groups is 1. The Morgan fingerprint density at radius 3 is 2.56 bits per heavy atom. The Kier molecular flexibility index (Phi) is 5.40. The number of anilines is 1. The van der Waals surface area contributed by atoms with Crippen LogP contribution in [0.4, 0.5) is 5.69 Å². The minimum Gasteiger partial charge on any atom is -0.313 e. The van der Waals surface area contributed by atoms with Crippen molar-refractivity contribution < 1.29 is 13.2 Å². The first-order valence-electron chi connectivity index (χ1n) is 7.90. The van der Waals surface area contributed by atoms with Crippen LogP contribution in [0.3, 0.4) is 0 Å². The fraction of sp³-hybridized carbons (Fsp3) is 0.500. The maximum absolute atomic E-state index is 12.2. The van der Waals surface area contributed by atoms with Gasteiger partial charge in [0.2, 0.25) is 5.91 Å². The zero-order valence-corrected chi connectivity index (χ0v) is 16.9. The topological polar surface area (TPSA) is 66.8 Å². The van der Waals surface area contributed by atoms with E-state index in [0.29, 0.717) is 27.3 Å². The van der Waals surface area contributed by atoms with Crippen molar-refractivity contribution in [2.24, 2.45) is 10.9 Å². The summed E-state index contributed by atoms with van der Waals surface area (Å²) in [7, 11) is -3.13. The highest BCUT2D eigenvalue weighted by Gasteiger charge is 2.50. The normalized spacial score (nSPS) is 26.4. The number of hydrogen-bond acceptors (Lipinski definition) is 4. The molecule has 2 unspecified atom stereocenters. The standard InChI is InChI=1S/C16H18Cl2N2O3S2/c1-9(2)6-14(21)19-16-20(15-10(17)4-3-5-11(15)18)12-7-25(22,23)8-13(12)24-16/h3-5,9,12-13H,6-8H2,1-2H3. The van der Waals surface area contributed by atoms with Crippen LogP contribution in [0.2, 0.25) is 10.0 Å². The van der Waals surface area contributed by atoms with Gasteiger partial charge in [-0.2, -0.15) is 4.99 Å². The van der Waals surface area contributed by atoms with E-state index < -0.39 is 9.84 Å². The molecule has 136 valence electrons. The monoisotopic (exact) mass is 420 g/mol. The molecule has 0 aromatic heterocycles. The van der Waals surface area contributed by atoms with Gasteiger partial charge in [0.25, 0.3) is 0 Å². The SMILES string of the molecule is CC(C)CC(=O)N=C1SC2CS(=O)(=O)CC2N1c1c(Cl)cccc1Cl. The van der Waals surface area contributed by atoms with E-state index in [1.807, 2.05) is 13.8 Å². The molecule has 2 fully saturated rings. The number of rotatable bonds is 3. The molecule has 3 rings (SSSR count). The number of carbonyl (C=O) groups excluding carboxylic acids is 1. The molecule has 0 bridgehead atoms. The summed E-state index contributed by atoms with van der Waals surface area (Å²) in [6.45, 7) is 3.90. The molecule has 2 saturated heterocycles. The van der Waals surface area contributed by atoms with Crippen molar-refractivity contribution in [1.29, 1.82) is 0 Å². The molecule has 25 heavy (non-hydrogen) atoms. The van der Waals surface area contributed by atoms with Crippen LogP contribution >= 0.6 is 35.0 Å². The van der Waals surface area contributed by atoms with Crippen LogP contribution in [0.15, 0.2) is 23.2 Å². The molecule has 9 heteroatoms. The Hall–Kier alpha value is -0.760. The summed E-state index contributed by atoms with van der Waals surface area (Å²) in [4.78, 5) is 18.2. The molecule has 2 atom stereocenters. The van der Waals surface area contributed by atoms with Crippen molar-refractivity contribution in [1.82, 2.24) is 0 Å². The summed E-state index contributed by atoms with van der Waals surface area (Å²) in [5.41, 5.74) is 0.513. The number of para-hydroxylation sites is 1. The van der Waals surface area contributed by atoms with E-state index in [1.165, 1.54) is 11.8 Å². The molecule has 2 aliphatic heterocycles. The van der Waals surface area contributed by atoms with Crippen molar-refractivity contribution in [2.45, 2.75) is 31.6 Å². The third-order valence-corrected chi connectivity index (χ3v) is 7.87. The minimum absolute atomic E-state index is 0.00358. The molecule has 2 aliphatic rings. The highest BCUT2D eigenvalue weighted by molar-refractivity contribution is 8.16. The van der Waals surface area contributed by atoms with Crippen molar-refractivity contribution >= 4 is 61.6 Å². The number of amides is 1. The second-order valence-electron chi connectivity index (χ2n) is 6.63. The molecule has 1 aromatic carbocycles. The van der Waals surface area contributed by atoms with Gasteiger partial charge in [-0.25, -0.2) is 8.42 Å². The van der Waals surface area contributed by atoms with E-state index in [-0.39, 0.29) is 34.6 Å². The Labute approximate surface area is 161 Å². The smallest absolute Gasteiger partial charge is 0.248 e. The first kappa shape index (κ1) is 19.0. The van der Waals surface area contributed by atoms with Crippen LogP contribution < -0.4 is 4.90 Å². The van der Waals surface area contributed by atoms with Crippen molar-refractivity contribution in [3.63, 3.8) is 0 Å². The van der Waals surface area contributed by atoms with Gasteiger partial charge in [-0.15, -0.1) is 0 Å². The number of thioether (sulfide) groups is 1. The average molecular weight is 421 g/mol.